The molecule has 1 aromatic carbocycles. The highest BCUT2D eigenvalue weighted by Crippen LogP contribution is 2.29. The number of anilines is 2. The van der Waals surface area contributed by atoms with Crippen molar-refractivity contribution in [2.75, 3.05) is 11.1 Å². The number of hydrogen-bond acceptors (Lipinski definition) is 3. The Balaban J connectivity index is 2.07. The van der Waals surface area contributed by atoms with E-state index < -0.39 is 0 Å². The Hall–Kier alpha value is -1.69. The van der Waals surface area contributed by atoms with Crippen molar-refractivity contribution in [3.8, 4) is 6.07 Å². The maximum Gasteiger partial charge on any atom is 0.101 e. The highest BCUT2D eigenvalue weighted by Gasteiger charge is 2.21. The Morgan fingerprint density at radius 2 is 2.28 bits per heavy atom. The second-order valence-electron chi connectivity index (χ2n) is 5.20. The lowest BCUT2D eigenvalue weighted by molar-refractivity contribution is 0.327. The van der Waals surface area contributed by atoms with Crippen LogP contribution in [0.5, 0.6) is 0 Å². The Labute approximate surface area is 109 Å². The molecule has 0 spiro atoms. The second-order valence-corrected chi connectivity index (χ2v) is 5.20. The first-order valence-corrected chi connectivity index (χ1v) is 6.79. The fourth-order valence-electron chi connectivity index (χ4n) is 2.79. The van der Waals surface area contributed by atoms with Crippen molar-refractivity contribution in [2.24, 2.45) is 5.92 Å². The molecule has 1 aliphatic rings. The van der Waals surface area contributed by atoms with Gasteiger partial charge in [0.2, 0.25) is 0 Å². The number of nitrogens with two attached hydrogens (primary N) is 1. The molecule has 0 aliphatic heterocycles. The van der Waals surface area contributed by atoms with Crippen molar-refractivity contribution in [1.29, 1.82) is 5.26 Å². The third-order valence-corrected chi connectivity index (χ3v) is 3.88. The molecule has 18 heavy (non-hydrogen) atoms. The summed E-state index contributed by atoms with van der Waals surface area (Å²) in [7, 11) is 0. The number of hydrogen-bond donors (Lipinski definition) is 2. The fourth-order valence-corrected chi connectivity index (χ4v) is 2.79. The average molecular weight is 243 g/mol. The molecule has 1 aromatic rings. The Kier molecular flexibility index (Phi) is 4.09. The Morgan fingerprint density at radius 3 is 3.00 bits per heavy atom. The van der Waals surface area contributed by atoms with E-state index in [1.165, 1.54) is 32.1 Å². The van der Waals surface area contributed by atoms with Gasteiger partial charge in [0, 0.05) is 11.7 Å². The highest BCUT2D eigenvalue weighted by atomic mass is 14.9. The quantitative estimate of drug-likeness (QED) is 0.798. The van der Waals surface area contributed by atoms with Gasteiger partial charge in [0.1, 0.15) is 6.07 Å². The smallest absolute Gasteiger partial charge is 0.101 e. The van der Waals surface area contributed by atoms with Gasteiger partial charge in [-0.2, -0.15) is 5.26 Å². The monoisotopic (exact) mass is 243 g/mol. The summed E-state index contributed by atoms with van der Waals surface area (Å²) in [5, 5.41) is 12.6. The average Bonchev–Trinajstić information content (AvgIpc) is 2.41. The van der Waals surface area contributed by atoms with Crippen molar-refractivity contribution in [3.05, 3.63) is 23.8 Å². The molecule has 0 saturated heterocycles. The molecule has 1 aliphatic carbocycles. The van der Waals surface area contributed by atoms with Crippen molar-refractivity contribution in [3.63, 3.8) is 0 Å². The molecule has 0 heterocycles. The van der Waals surface area contributed by atoms with Crippen LogP contribution in [0.15, 0.2) is 18.2 Å². The molecule has 3 heteroatoms. The van der Waals surface area contributed by atoms with Crippen LogP contribution in [0.4, 0.5) is 11.4 Å². The molecule has 1 saturated carbocycles. The molecule has 2 rings (SSSR count). The minimum Gasteiger partial charge on any atom is -0.399 e. The van der Waals surface area contributed by atoms with Gasteiger partial charge in [-0.1, -0.05) is 26.2 Å². The van der Waals surface area contributed by atoms with Crippen molar-refractivity contribution in [2.45, 2.75) is 45.1 Å². The first-order valence-electron chi connectivity index (χ1n) is 6.79. The molecule has 2 atom stereocenters. The van der Waals surface area contributed by atoms with Gasteiger partial charge in [-0.15, -0.1) is 0 Å². The summed E-state index contributed by atoms with van der Waals surface area (Å²) in [6, 6.07) is 8.22. The highest BCUT2D eigenvalue weighted by molar-refractivity contribution is 5.63. The number of rotatable bonds is 3. The van der Waals surface area contributed by atoms with Gasteiger partial charge in [0.25, 0.3) is 0 Å². The first-order chi connectivity index (χ1) is 8.72. The van der Waals surface area contributed by atoms with E-state index in [0.717, 1.165) is 11.6 Å². The summed E-state index contributed by atoms with van der Waals surface area (Å²) in [6.07, 6.45) is 6.30. The zero-order chi connectivity index (χ0) is 13.0. The summed E-state index contributed by atoms with van der Waals surface area (Å²) in [4.78, 5) is 0. The van der Waals surface area contributed by atoms with Crippen LogP contribution in [-0.4, -0.2) is 6.04 Å². The van der Waals surface area contributed by atoms with Crippen molar-refractivity contribution >= 4 is 11.4 Å². The normalized spacial score (nSPS) is 23.3. The van der Waals surface area contributed by atoms with E-state index in [9.17, 15) is 0 Å². The van der Waals surface area contributed by atoms with Crippen LogP contribution in [0.2, 0.25) is 0 Å². The summed E-state index contributed by atoms with van der Waals surface area (Å²) < 4.78 is 0. The zero-order valence-corrected chi connectivity index (χ0v) is 10.9. The number of nitrogen functional groups attached to an aromatic ring is 1. The first kappa shape index (κ1) is 12.8. The second kappa shape index (κ2) is 5.77. The summed E-state index contributed by atoms with van der Waals surface area (Å²) >= 11 is 0. The van der Waals surface area contributed by atoms with Crippen LogP contribution in [0.1, 0.15) is 44.6 Å². The molecule has 0 radical (unpaired) electrons. The predicted octanol–water partition coefficient (Wildman–Crippen LogP) is 3.52. The molecular formula is C15H21N3. The van der Waals surface area contributed by atoms with Crippen LogP contribution in [0, 0.1) is 17.2 Å². The topological polar surface area (TPSA) is 61.8 Å². The molecular weight excluding hydrogens is 222 g/mol. The van der Waals surface area contributed by atoms with Crippen molar-refractivity contribution in [1.82, 2.24) is 0 Å². The van der Waals surface area contributed by atoms with Gasteiger partial charge in [-0.25, -0.2) is 0 Å². The van der Waals surface area contributed by atoms with Gasteiger partial charge in [0.15, 0.2) is 0 Å². The van der Waals surface area contributed by atoms with Crippen LogP contribution in [-0.2, 0) is 0 Å². The number of benzene rings is 1. The fraction of sp³-hybridized carbons (Fsp3) is 0.533. The van der Waals surface area contributed by atoms with Crippen LogP contribution < -0.4 is 11.1 Å². The molecule has 2 unspecified atom stereocenters. The molecule has 1 fully saturated rings. The maximum atomic E-state index is 9.12. The van der Waals surface area contributed by atoms with Gasteiger partial charge in [-0.05, 0) is 37.0 Å². The SMILES string of the molecule is CCC1CCCC(Nc2ccc(N)cc2C#N)C1. The van der Waals surface area contributed by atoms with Gasteiger partial charge in [-0.3, -0.25) is 0 Å². The molecule has 3 nitrogen and oxygen atoms in total. The summed E-state index contributed by atoms with van der Waals surface area (Å²) in [5.41, 5.74) is 7.92. The zero-order valence-electron chi connectivity index (χ0n) is 10.9. The maximum absolute atomic E-state index is 9.12. The summed E-state index contributed by atoms with van der Waals surface area (Å²) in [5.74, 6) is 0.829. The van der Waals surface area contributed by atoms with Gasteiger partial charge >= 0.3 is 0 Å². The van der Waals surface area contributed by atoms with Crippen LogP contribution in [0.3, 0.4) is 0 Å². The largest absolute Gasteiger partial charge is 0.399 e. The summed E-state index contributed by atoms with van der Waals surface area (Å²) in [6.45, 7) is 2.26. The lowest BCUT2D eigenvalue weighted by Gasteiger charge is -2.30. The minimum absolute atomic E-state index is 0.499. The van der Waals surface area contributed by atoms with E-state index in [-0.39, 0.29) is 0 Å². The molecule has 3 N–H and O–H groups in total. The van der Waals surface area contributed by atoms with Gasteiger partial charge < -0.3 is 11.1 Å². The van der Waals surface area contributed by atoms with Crippen molar-refractivity contribution < 1.29 is 0 Å². The van der Waals surface area contributed by atoms with E-state index in [0.29, 0.717) is 17.3 Å². The number of nitrogens with zero attached hydrogens (tertiary/aromatic N) is 1. The lowest BCUT2D eigenvalue weighted by Crippen LogP contribution is -2.27. The van der Waals surface area contributed by atoms with Crippen LogP contribution in [0.25, 0.3) is 0 Å². The van der Waals surface area contributed by atoms with Gasteiger partial charge in [0.05, 0.1) is 11.3 Å². The van der Waals surface area contributed by atoms with E-state index in [1.54, 1.807) is 6.07 Å². The minimum atomic E-state index is 0.499. The lowest BCUT2D eigenvalue weighted by atomic mass is 9.84. The third kappa shape index (κ3) is 2.95. The molecule has 0 amide bonds. The predicted molar refractivity (Wildman–Crippen MR) is 75.2 cm³/mol. The van der Waals surface area contributed by atoms with E-state index >= 15 is 0 Å². The molecule has 0 bridgehead atoms. The van der Waals surface area contributed by atoms with E-state index in [4.69, 9.17) is 11.0 Å². The standard InChI is InChI=1S/C15H21N3/c1-2-11-4-3-5-14(8-11)18-15-7-6-13(17)9-12(15)10-16/h6-7,9,11,14,18H,2-5,8,17H2,1H3. The third-order valence-electron chi connectivity index (χ3n) is 3.88. The van der Waals surface area contributed by atoms with E-state index in [2.05, 4.69) is 18.3 Å². The molecule has 0 aromatic heterocycles. The van der Waals surface area contributed by atoms with Crippen LogP contribution >= 0.6 is 0 Å². The molecule has 96 valence electrons. The number of nitriles is 1. The Bertz CT molecular complexity index is 448. The number of nitrogens with one attached hydrogen (secondary N) is 1. The Morgan fingerprint density at radius 1 is 1.44 bits per heavy atom. The van der Waals surface area contributed by atoms with E-state index in [1.807, 2.05) is 12.1 Å².